The molecule has 3 N–H and O–H groups in total. The van der Waals surface area contributed by atoms with E-state index in [1.54, 1.807) is 19.9 Å². The van der Waals surface area contributed by atoms with Gasteiger partial charge in [0.2, 0.25) is 5.91 Å². The Hall–Kier alpha value is -3.49. The third kappa shape index (κ3) is 4.43. The first-order valence-electron chi connectivity index (χ1n) is 8.66. The molecule has 3 aromatic rings. The molecule has 0 spiro atoms. The maximum atomic E-state index is 14.1. The van der Waals surface area contributed by atoms with E-state index in [0.29, 0.717) is 22.8 Å². The molecular weight excluding hydrogens is 365 g/mol. The van der Waals surface area contributed by atoms with Gasteiger partial charge in [0.1, 0.15) is 17.4 Å². The second-order valence-corrected chi connectivity index (χ2v) is 6.46. The number of carbonyl (C=O) groups is 2. The normalized spacial score (nSPS) is 11.9. The predicted octanol–water partition coefficient (Wildman–Crippen LogP) is 2.43. The largest absolute Gasteiger partial charge is 0.361 e. The molecule has 0 saturated heterocycles. The third-order valence-corrected chi connectivity index (χ3v) is 4.07. The average molecular weight is 385 g/mol. The van der Waals surface area contributed by atoms with Crippen molar-refractivity contribution in [3.8, 4) is 11.3 Å². The number of H-pyrrole nitrogens is 1. The quantitative estimate of drug-likeness (QED) is 0.603. The van der Waals surface area contributed by atoms with Crippen LogP contribution in [0.25, 0.3) is 11.3 Å². The van der Waals surface area contributed by atoms with Gasteiger partial charge in [-0.3, -0.25) is 9.59 Å². The van der Waals surface area contributed by atoms with Crippen LogP contribution in [0.4, 0.5) is 4.39 Å². The summed E-state index contributed by atoms with van der Waals surface area (Å²) in [6, 6.07) is 5.95. The van der Waals surface area contributed by atoms with Crippen molar-refractivity contribution in [2.45, 2.75) is 26.8 Å². The molecule has 28 heavy (non-hydrogen) atoms. The maximum absolute atomic E-state index is 14.1. The summed E-state index contributed by atoms with van der Waals surface area (Å²) in [4.78, 5) is 31.2. The minimum absolute atomic E-state index is 0.106. The average Bonchev–Trinajstić information content (AvgIpc) is 3.29. The summed E-state index contributed by atoms with van der Waals surface area (Å²) in [5.41, 5.74) is 1.85. The van der Waals surface area contributed by atoms with Gasteiger partial charge in [0.15, 0.2) is 5.69 Å². The molecule has 0 aliphatic heterocycles. The highest BCUT2D eigenvalue weighted by atomic mass is 19.1. The molecule has 1 atom stereocenters. The van der Waals surface area contributed by atoms with Gasteiger partial charge in [0, 0.05) is 11.6 Å². The fraction of sp³-hybridized carbons (Fsp3) is 0.263. The van der Waals surface area contributed by atoms with Crippen LogP contribution in [0.2, 0.25) is 0 Å². The van der Waals surface area contributed by atoms with E-state index in [0.717, 1.165) is 5.56 Å². The highest BCUT2D eigenvalue weighted by molar-refractivity contribution is 5.94. The van der Waals surface area contributed by atoms with Crippen LogP contribution in [0.3, 0.4) is 0 Å². The monoisotopic (exact) mass is 385 g/mol. The molecule has 3 rings (SSSR count). The number of hydrogen-bond acceptors (Lipinski definition) is 5. The fourth-order valence-electron chi connectivity index (χ4n) is 2.62. The van der Waals surface area contributed by atoms with E-state index >= 15 is 0 Å². The molecular formula is C19H20FN5O3. The van der Waals surface area contributed by atoms with Crippen LogP contribution in [0.5, 0.6) is 0 Å². The van der Waals surface area contributed by atoms with Gasteiger partial charge in [-0.2, -0.15) is 0 Å². The second kappa shape index (κ2) is 8.03. The summed E-state index contributed by atoms with van der Waals surface area (Å²) in [6.07, 6.45) is 1.51. The van der Waals surface area contributed by atoms with Gasteiger partial charge in [-0.15, -0.1) is 0 Å². The van der Waals surface area contributed by atoms with Crippen molar-refractivity contribution in [2.75, 3.05) is 6.54 Å². The van der Waals surface area contributed by atoms with Crippen molar-refractivity contribution < 1.29 is 18.5 Å². The molecule has 8 nitrogen and oxygen atoms in total. The first-order chi connectivity index (χ1) is 13.3. The lowest BCUT2D eigenvalue weighted by atomic mass is 10.1. The van der Waals surface area contributed by atoms with Crippen LogP contribution in [0.1, 0.15) is 40.6 Å². The van der Waals surface area contributed by atoms with Crippen molar-refractivity contribution in [1.82, 2.24) is 25.8 Å². The van der Waals surface area contributed by atoms with E-state index < -0.39 is 17.9 Å². The molecule has 0 fully saturated rings. The molecule has 146 valence electrons. The smallest absolute Gasteiger partial charge is 0.273 e. The van der Waals surface area contributed by atoms with Crippen LogP contribution >= 0.6 is 0 Å². The number of aryl methyl sites for hydroxylation is 2. The summed E-state index contributed by atoms with van der Waals surface area (Å²) in [7, 11) is 0. The number of nitrogens with zero attached hydrogens (tertiary/aromatic N) is 2. The summed E-state index contributed by atoms with van der Waals surface area (Å²) < 4.78 is 18.9. The Morgan fingerprint density at radius 1 is 1.29 bits per heavy atom. The van der Waals surface area contributed by atoms with Gasteiger partial charge in [0.25, 0.3) is 5.91 Å². The van der Waals surface area contributed by atoms with Crippen LogP contribution in [0.15, 0.2) is 35.0 Å². The first kappa shape index (κ1) is 19.3. The molecule has 0 aliphatic carbocycles. The van der Waals surface area contributed by atoms with Crippen LogP contribution in [-0.2, 0) is 4.79 Å². The summed E-state index contributed by atoms with van der Waals surface area (Å²) in [6.45, 7) is 4.98. The molecule has 9 heteroatoms. The number of carbonyl (C=O) groups excluding carboxylic acids is 2. The maximum Gasteiger partial charge on any atom is 0.273 e. The van der Waals surface area contributed by atoms with Gasteiger partial charge in [-0.25, -0.2) is 9.37 Å². The third-order valence-electron chi connectivity index (χ3n) is 4.07. The lowest BCUT2D eigenvalue weighted by molar-refractivity contribution is -0.120. The number of nitrogens with one attached hydrogen (secondary N) is 3. The highest BCUT2D eigenvalue weighted by Gasteiger charge is 2.16. The number of halogens is 1. The number of aromatic amines is 1. The van der Waals surface area contributed by atoms with Gasteiger partial charge in [-0.05, 0) is 38.5 Å². The molecule has 0 radical (unpaired) electrons. The Bertz CT molecular complexity index is 1010. The molecule has 1 aromatic carbocycles. The van der Waals surface area contributed by atoms with Crippen LogP contribution < -0.4 is 10.6 Å². The molecule has 0 aliphatic rings. The van der Waals surface area contributed by atoms with Gasteiger partial charge in [-0.1, -0.05) is 11.2 Å². The Balaban J connectivity index is 1.57. The Morgan fingerprint density at radius 2 is 2.07 bits per heavy atom. The van der Waals surface area contributed by atoms with Crippen LogP contribution in [0, 0.1) is 19.7 Å². The lowest BCUT2D eigenvalue weighted by Gasteiger charge is -2.12. The summed E-state index contributed by atoms with van der Waals surface area (Å²) >= 11 is 0. The van der Waals surface area contributed by atoms with E-state index in [-0.39, 0.29) is 18.1 Å². The van der Waals surface area contributed by atoms with Gasteiger partial charge >= 0.3 is 0 Å². The Morgan fingerprint density at radius 3 is 2.75 bits per heavy atom. The fourth-order valence-corrected chi connectivity index (χ4v) is 2.62. The van der Waals surface area contributed by atoms with Crippen molar-refractivity contribution in [3.63, 3.8) is 0 Å². The number of hydrogen-bond donors (Lipinski definition) is 3. The van der Waals surface area contributed by atoms with E-state index in [9.17, 15) is 14.0 Å². The zero-order valence-corrected chi connectivity index (χ0v) is 15.7. The molecule has 0 unspecified atom stereocenters. The Labute approximate surface area is 160 Å². The van der Waals surface area contributed by atoms with Crippen LogP contribution in [-0.4, -0.2) is 33.5 Å². The molecule has 0 saturated carbocycles. The zero-order chi connectivity index (χ0) is 20.3. The number of amides is 2. The van der Waals surface area contributed by atoms with E-state index in [1.165, 1.54) is 18.3 Å². The lowest BCUT2D eigenvalue weighted by Crippen LogP contribution is -2.38. The van der Waals surface area contributed by atoms with Crippen molar-refractivity contribution in [1.29, 1.82) is 0 Å². The number of imidazole rings is 1. The van der Waals surface area contributed by atoms with E-state index in [2.05, 4.69) is 25.8 Å². The summed E-state index contributed by atoms with van der Waals surface area (Å²) in [5.74, 6) is -0.281. The minimum Gasteiger partial charge on any atom is -0.361 e. The molecule has 2 amide bonds. The number of aromatic nitrogens is 3. The van der Waals surface area contributed by atoms with E-state index in [4.69, 9.17) is 4.52 Å². The summed E-state index contributed by atoms with van der Waals surface area (Å²) in [5, 5.41) is 8.75. The topological polar surface area (TPSA) is 113 Å². The van der Waals surface area contributed by atoms with Gasteiger partial charge in [0.05, 0.1) is 24.5 Å². The van der Waals surface area contributed by atoms with E-state index in [1.807, 2.05) is 13.0 Å². The number of rotatable bonds is 6. The van der Waals surface area contributed by atoms with Gasteiger partial charge < -0.3 is 20.1 Å². The standard InChI is InChI=1S/C19H20FN5O3/c1-10-4-5-13(14(20)6-10)16-8-21-18(24-16)12(3)23-17(26)9-22-19(27)15-7-11(2)28-25-15/h4-8,12H,9H2,1-3H3,(H,21,24)(H,22,27)(H,23,26)/t12-/m0/s1. The highest BCUT2D eigenvalue weighted by Crippen LogP contribution is 2.23. The zero-order valence-electron chi connectivity index (χ0n) is 15.7. The molecule has 2 aromatic heterocycles. The van der Waals surface area contributed by atoms with Crippen molar-refractivity contribution in [3.05, 3.63) is 59.1 Å². The second-order valence-electron chi connectivity index (χ2n) is 6.46. The number of benzene rings is 1. The first-order valence-corrected chi connectivity index (χ1v) is 8.66. The Kier molecular flexibility index (Phi) is 5.53. The van der Waals surface area contributed by atoms with Crippen molar-refractivity contribution in [2.24, 2.45) is 0 Å². The van der Waals surface area contributed by atoms with Crippen molar-refractivity contribution >= 4 is 11.8 Å². The molecule has 0 bridgehead atoms. The molecule has 2 heterocycles. The SMILES string of the molecule is Cc1ccc(-c2cnc([C@H](C)NC(=O)CNC(=O)c3cc(C)on3)[nH]2)c(F)c1. The predicted molar refractivity (Wildman–Crippen MR) is 98.8 cm³/mol. The minimum atomic E-state index is -0.505.